The zero-order valence-electron chi connectivity index (χ0n) is 18.0. The molecule has 0 bridgehead atoms. The SMILES string of the molecule is COc1ccccc1NC(=O)C(C)Sc1nc2ccccc2c(=O)n1-c1ccc(C)cc1. The lowest BCUT2D eigenvalue weighted by Crippen LogP contribution is -2.26. The highest BCUT2D eigenvalue weighted by Crippen LogP contribution is 2.28. The molecule has 0 saturated carbocycles. The highest BCUT2D eigenvalue weighted by molar-refractivity contribution is 8.00. The van der Waals surface area contributed by atoms with Crippen molar-refractivity contribution in [3.63, 3.8) is 0 Å². The number of ether oxygens (including phenoxy) is 1. The van der Waals surface area contributed by atoms with E-state index in [2.05, 4.69) is 5.32 Å². The molecule has 0 aliphatic rings. The van der Waals surface area contributed by atoms with Gasteiger partial charge in [-0.3, -0.25) is 14.2 Å². The van der Waals surface area contributed by atoms with Crippen LogP contribution in [0.25, 0.3) is 16.6 Å². The van der Waals surface area contributed by atoms with Crippen molar-refractivity contribution in [1.82, 2.24) is 9.55 Å². The van der Waals surface area contributed by atoms with Crippen LogP contribution in [0.5, 0.6) is 5.75 Å². The van der Waals surface area contributed by atoms with Crippen molar-refractivity contribution >= 4 is 34.3 Å². The Morgan fingerprint density at radius 3 is 2.47 bits per heavy atom. The molecule has 32 heavy (non-hydrogen) atoms. The fourth-order valence-corrected chi connectivity index (χ4v) is 4.23. The summed E-state index contributed by atoms with van der Waals surface area (Å²) in [7, 11) is 1.56. The van der Waals surface area contributed by atoms with Gasteiger partial charge in [-0.1, -0.05) is 53.7 Å². The summed E-state index contributed by atoms with van der Waals surface area (Å²) in [6.07, 6.45) is 0. The first-order valence-corrected chi connectivity index (χ1v) is 11.1. The molecule has 1 aromatic heterocycles. The van der Waals surface area contributed by atoms with Gasteiger partial charge in [0.2, 0.25) is 5.91 Å². The molecule has 162 valence electrons. The molecule has 0 aliphatic heterocycles. The van der Waals surface area contributed by atoms with Gasteiger partial charge in [-0.05, 0) is 50.2 Å². The van der Waals surface area contributed by atoms with Crippen LogP contribution in [0.15, 0.2) is 82.7 Å². The third-order valence-electron chi connectivity index (χ3n) is 5.05. The number of hydrogen-bond acceptors (Lipinski definition) is 5. The van der Waals surface area contributed by atoms with Crippen LogP contribution in [-0.2, 0) is 4.79 Å². The number of carbonyl (C=O) groups excluding carboxylic acids is 1. The first kappa shape index (κ1) is 21.6. The number of hydrogen-bond donors (Lipinski definition) is 1. The Hall–Kier alpha value is -3.58. The maximum atomic E-state index is 13.4. The van der Waals surface area contributed by atoms with Crippen molar-refractivity contribution in [3.8, 4) is 11.4 Å². The van der Waals surface area contributed by atoms with Crippen molar-refractivity contribution in [1.29, 1.82) is 0 Å². The van der Waals surface area contributed by atoms with E-state index in [1.807, 2.05) is 55.5 Å². The summed E-state index contributed by atoms with van der Waals surface area (Å²) in [6, 6.07) is 22.1. The Kier molecular flexibility index (Phi) is 6.28. The largest absolute Gasteiger partial charge is 0.495 e. The number of para-hydroxylation sites is 3. The number of thioether (sulfide) groups is 1. The number of rotatable bonds is 6. The number of anilines is 1. The second kappa shape index (κ2) is 9.28. The summed E-state index contributed by atoms with van der Waals surface area (Å²) in [6.45, 7) is 3.78. The number of nitrogens with one attached hydrogen (secondary N) is 1. The number of aromatic nitrogens is 2. The van der Waals surface area contributed by atoms with Gasteiger partial charge in [0.1, 0.15) is 5.75 Å². The van der Waals surface area contributed by atoms with E-state index in [0.29, 0.717) is 33.2 Å². The number of benzene rings is 3. The van der Waals surface area contributed by atoms with Crippen LogP contribution >= 0.6 is 11.8 Å². The summed E-state index contributed by atoms with van der Waals surface area (Å²) in [4.78, 5) is 31.0. The van der Waals surface area contributed by atoms with Crippen LogP contribution in [0.2, 0.25) is 0 Å². The number of fused-ring (bicyclic) bond motifs is 1. The second-order valence-corrected chi connectivity index (χ2v) is 8.65. The molecule has 1 heterocycles. The van der Waals surface area contributed by atoms with Crippen LogP contribution in [0.3, 0.4) is 0 Å². The zero-order valence-corrected chi connectivity index (χ0v) is 18.8. The van der Waals surface area contributed by atoms with Gasteiger partial charge in [-0.2, -0.15) is 0 Å². The highest BCUT2D eigenvalue weighted by Gasteiger charge is 2.21. The predicted octanol–water partition coefficient (Wildman–Crippen LogP) is 4.82. The molecule has 1 atom stereocenters. The van der Waals surface area contributed by atoms with E-state index in [1.54, 1.807) is 42.9 Å². The van der Waals surface area contributed by atoms with Crippen LogP contribution in [-0.4, -0.2) is 27.8 Å². The fraction of sp³-hybridized carbons (Fsp3) is 0.160. The molecule has 0 radical (unpaired) electrons. The number of carbonyl (C=O) groups is 1. The Morgan fingerprint density at radius 2 is 1.72 bits per heavy atom. The molecule has 4 aromatic rings. The molecule has 0 fully saturated rings. The van der Waals surface area contributed by atoms with Crippen molar-refractivity contribution in [2.24, 2.45) is 0 Å². The molecule has 6 nitrogen and oxygen atoms in total. The van der Waals surface area contributed by atoms with E-state index in [0.717, 1.165) is 5.56 Å². The molecule has 3 aromatic carbocycles. The van der Waals surface area contributed by atoms with Crippen molar-refractivity contribution in [2.75, 3.05) is 12.4 Å². The van der Waals surface area contributed by atoms with Gasteiger partial charge in [0.15, 0.2) is 5.16 Å². The molecule has 1 amide bonds. The topological polar surface area (TPSA) is 73.2 Å². The van der Waals surface area contributed by atoms with Crippen molar-refractivity contribution in [3.05, 3.63) is 88.7 Å². The number of methoxy groups -OCH3 is 1. The molecule has 4 rings (SSSR count). The van der Waals surface area contributed by atoms with Crippen molar-refractivity contribution < 1.29 is 9.53 Å². The first-order chi connectivity index (χ1) is 15.5. The van der Waals surface area contributed by atoms with Gasteiger partial charge < -0.3 is 10.1 Å². The minimum absolute atomic E-state index is 0.167. The van der Waals surface area contributed by atoms with Gasteiger partial charge in [-0.25, -0.2) is 4.98 Å². The quantitative estimate of drug-likeness (QED) is 0.340. The summed E-state index contributed by atoms with van der Waals surface area (Å²) < 4.78 is 6.88. The third kappa shape index (κ3) is 4.38. The lowest BCUT2D eigenvalue weighted by molar-refractivity contribution is -0.115. The predicted molar refractivity (Wildman–Crippen MR) is 129 cm³/mol. The monoisotopic (exact) mass is 445 g/mol. The third-order valence-corrected chi connectivity index (χ3v) is 6.11. The first-order valence-electron chi connectivity index (χ1n) is 10.2. The van der Waals surface area contributed by atoms with Crippen LogP contribution in [0.4, 0.5) is 5.69 Å². The smallest absolute Gasteiger partial charge is 0.266 e. The molecule has 0 spiro atoms. The Balaban J connectivity index is 1.71. The standard InChI is InChI=1S/C25H23N3O3S/c1-16-12-14-18(15-13-16)28-24(30)19-8-4-5-9-20(19)27-25(28)32-17(2)23(29)26-21-10-6-7-11-22(21)31-3/h4-15,17H,1-3H3,(H,26,29). The van der Waals surface area contributed by atoms with Gasteiger partial charge in [-0.15, -0.1) is 0 Å². The maximum Gasteiger partial charge on any atom is 0.266 e. The molecular formula is C25H23N3O3S. The summed E-state index contributed by atoms with van der Waals surface area (Å²) in [5.41, 5.74) is 2.82. The summed E-state index contributed by atoms with van der Waals surface area (Å²) >= 11 is 1.24. The normalized spacial score (nSPS) is 11.8. The van der Waals surface area contributed by atoms with Crippen molar-refractivity contribution in [2.45, 2.75) is 24.3 Å². The minimum atomic E-state index is -0.510. The molecule has 0 aliphatic carbocycles. The van der Waals surface area contributed by atoms with Gasteiger partial charge >= 0.3 is 0 Å². The van der Waals surface area contributed by atoms with Gasteiger partial charge in [0.25, 0.3) is 5.56 Å². The average molecular weight is 446 g/mol. The van der Waals surface area contributed by atoms with E-state index < -0.39 is 5.25 Å². The Bertz CT molecular complexity index is 1330. The molecule has 1 unspecified atom stereocenters. The van der Waals surface area contributed by atoms with E-state index in [9.17, 15) is 9.59 Å². The lowest BCUT2D eigenvalue weighted by Gasteiger charge is -2.17. The summed E-state index contributed by atoms with van der Waals surface area (Å²) in [5.74, 6) is 0.371. The number of amides is 1. The minimum Gasteiger partial charge on any atom is -0.495 e. The van der Waals surface area contributed by atoms with E-state index >= 15 is 0 Å². The van der Waals surface area contributed by atoms with Crippen LogP contribution in [0.1, 0.15) is 12.5 Å². The lowest BCUT2D eigenvalue weighted by atomic mass is 10.2. The van der Waals surface area contributed by atoms with Crippen LogP contribution < -0.4 is 15.6 Å². The Labute approximate surface area is 190 Å². The van der Waals surface area contributed by atoms with Gasteiger partial charge in [0, 0.05) is 0 Å². The maximum absolute atomic E-state index is 13.4. The number of nitrogens with zero attached hydrogens (tertiary/aromatic N) is 2. The molecule has 1 N–H and O–H groups in total. The number of aryl methyl sites for hydroxylation is 1. The molecule has 0 saturated heterocycles. The van der Waals surface area contributed by atoms with Crippen LogP contribution in [0, 0.1) is 6.92 Å². The summed E-state index contributed by atoms with van der Waals surface area (Å²) in [5, 5.41) is 3.38. The second-order valence-electron chi connectivity index (χ2n) is 7.34. The molecule has 7 heteroatoms. The zero-order chi connectivity index (χ0) is 22.7. The molecular weight excluding hydrogens is 422 g/mol. The van der Waals surface area contributed by atoms with E-state index in [4.69, 9.17) is 9.72 Å². The fourth-order valence-electron chi connectivity index (χ4n) is 3.31. The van der Waals surface area contributed by atoms with Gasteiger partial charge in [0.05, 0.1) is 34.6 Å². The van der Waals surface area contributed by atoms with E-state index in [1.165, 1.54) is 11.8 Å². The van der Waals surface area contributed by atoms with E-state index in [-0.39, 0.29) is 11.5 Å². The Morgan fingerprint density at radius 1 is 1.03 bits per heavy atom. The highest BCUT2D eigenvalue weighted by atomic mass is 32.2. The average Bonchev–Trinajstić information content (AvgIpc) is 2.80.